The topological polar surface area (TPSA) is 33.1 Å². The van der Waals surface area contributed by atoms with Gasteiger partial charge in [-0.1, -0.05) is 20.8 Å². The Hall–Kier alpha value is -1.03. The minimum absolute atomic E-state index is 0.506. The lowest BCUT2D eigenvalue weighted by atomic mass is 10.0. The molecule has 4 nitrogen and oxygen atoms in total. The zero-order chi connectivity index (χ0) is 14.7. The summed E-state index contributed by atoms with van der Waals surface area (Å²) in [6.07, 6.45) is 3.94. The molecule has 2 heterocycles. The highest BCUT2D eigenvalue weighted by Crippen LogP contribution is 2.27. The third kappa shape index (κ3) is 3.54. The smallest absolute Gasteiger partial charge is 0.131 e. The van der Waals surface area contributed by atoms with Gasteiger partial charge in [-0.05, 0) is 32.1 Å². The number of nitrogens with zero attached hydrogens (tertiary/aromatic N) is 3. The van der Waals surface area contributed by atoms with Crippen molar-refractivity contribution in [1.82, 2.24) is 15.1 Å². The molecule has 1 aromatic rings. The van der Waals surface area contributed by atoms with Crippen LogP contribution >= 0.6 is 0 Å². The summed E-state index contributed by atoms with van der Waals surface area (Å²) in [7, 11) is 2.08. The molecule has 0 spiro atoms. The Kier molecular flexibility index (Phi) is 5.08. The maximum absolute atomic E-state index is 4.65. The van der Waals surface area contributed by atoms with E-state index in [1.54, 1.807) is 0 Å². The van der Waals surface area contributed by atoms with Gasteiger partial charge in [0.05, 0.1) is 5.69 Å². The van der Waals surface area contributed by atoms with E-state index < -0.39 is 0 Å². The molecule has 0 aromatic carbocycles. The molecule has 4 heteroatoms. The summed E-state index contributed by atoms with van der Waals surface area (Å²) in [5.41, 5.74) is 2.53. The van der Waals surface area contributed by atoms with Gasteiger partial charge in [0.1, 0.15) is 5.82 Å². The highest BCUT2D eigenvalue weighted by molar-refractivity contribution is 5.50. The monoisotopic (exact) mass is 278 g/mol. The molecule has 20 heavy (non-hydrogen) atoms. The van der Waals surface area contributed by atoms with E-state index in [1.165, 1.54) is 30.6 Å². The summed E-state index contributed by atoms with van der Waals surface area (Å²) in [6, 6.07) is 0.506. The first-order chi connectivity index (χ1) is 9.49. The van der Waals surface area contributed by atoms with Crippen LogP contribution in [0.3, 0.4) is 0 Å². The molecular formula is C16H30N4. The van der Waals surface area contributed by atoms with Crippen LogP contribution in [0.1, 0.15) is 51.3 Å². The Labute approximate surface area is 123 Å². The van der Waals surface area contributed by atoms with Crippen molar-refractivity contribution in [2.75, 3.05) is 18.0 Å². The van der Waals surface area contributed by atoms with E-state index in [1.807, 2.05) is 0 Å². The number of hydrogen-bond acceptors (Lipinski definition) is 3. The third-order valence-electron chi connectivity index (χ3n) is 4.32. The fourth-order valence-corrected chi connectivity index (χ4v) is 3.07. The summed E-state index contributed by atoms with van der Waals surface area (Å²) in [5.74, 6) is 2.18. The zero-order valence-corrected chi connectivity index (χ0v) is 13.7. The number of aromatic nitrogens is 2. The van der Waals surface area contributed by atoms with Crippen LogP contribution in [0.15, 0.2) is 0 Å². The zero-order valence-electron chi connectivity index (χ0n) is 13.7. The van der Waals surface area contributed by atoms with Gasteiger partial charge >= 0.3 is 0 Å². The molecule has 1 aliphatic heterocycles. The highest BCUT2D eigenvalue weighted by atomic mass is 15.4. The maximum atomic E-state index is 4.65. The van der Waals surface area contributed by atoms with Gasteiger partial charge in [0.2, 0.25) is 0 Å². The van der Waals surface area contributed by atoms with E-state index in [2.05, 4.69) is 54.7 Å². The first-order valence-corrected chi connectivity index (χ1v) is 7.99. The molecule has 0 saturated carbocycles. The predicted molar refractivity (Wildman–Crippen MR) is 85.1 cm³/mol. The van der Waals surface area contributed by atoms with Crippen LogP contribution in [0.4, 0.5) is 5.82 Å². The van der Waals surface area contributed by atoms with Crippen LogP contribution in [0.25, 0.3) is 0 Å². The lowest BCUT2D eigenvalue weighted by Crippen LogP contribution is -2.29. The van der Waals surface area contributed by atoms with Gasteiger partial charge in [0, 0.05) is 38.3 Å². The Bertz CT molecular complexity index is 436. The second kappa shape index (κ2) is 6.61. The van der Waals surface area contributed by atoms with Crippen LogP contribution in [-0.2, 0) is 13.6 Å². The summed E-state index contributed by atoms with van der Waals surface area (Å²) in [5, 5.41) is 8.19. The normalized spacial score (nSPS) is 20.5. The molecule has 1 N–H and O–H groups in total. The fraction of sp³-hybridized carbons (Fsp3) is 0.812. The average Bonchev–Trinajstić information content (AvgIpc) is 2.53. The van der Waals surface area contributed by atoms with Crippen LogP contribution in [0.5, 0.6) is 0 Å². The average molecular weight is 278 g/mol. The van der Waals surface area contributed by atoms with Gasteiger partial charge in [-0.15, -0.1) is 0 Å². The van der Waals surface area contributed by atoms with Crippen LogP contribution in [0.2, 0.25) is 0 Å². The minimum atomic E-state index is 0.506. The lowest BCUT2D eigenvalue weighted by molar-refractivity contribution is 0.520. The molecule has 0 radical (unpaired) electrons. The van der Waals surface area contributed by atoms with Crippen molar-refractivity contribution in [2.45, 2.75) is 59.5 Å². The molecule has 114 valence electrons. The number of nitrogens with one attached hydrogen (secondary N) is 1. The number of anilines is 1. The van der Waals surface area contributed by atoms with Crippen molar-refractivity contribution in [3.63, 3.8) is 0 Å². The number of aryl methyl sites for hydroxylation is 2. The molecule has 2 rings (SSSR count). The molecule has 1 fully saturated rings. The van der Waals surface area contributed by atoms with Gasteiger partial charge in [-0.25, -0.2) is 0 Å². The molecule has 0 bridgehead atoms. The van der Waals surface area contributed by atoms with E-state index in [9.17, 15) is 0 Å². The number of rotatable bonds is 4. The largest absolute Gasteiger partial charge is 0.357 e. The van der Waals surface area contributed by atoms with Gasteiger partial charge in [0.15, 0.2) is 0 Å². The van der Waals surface area contributed by atoms with Crippen molar-refractivity contribution >= 4 is 5.82 Å². The molecule has 1 aromatic heterocycles. The first-order valence-electron chi connectivity index (χ1n) is 7.99. The van der Waals surface area contributed by atoms with Crippen molar-refractivity contribution in [2.24, 2.45) is 13.0 Å². The van der Waals surface area contributed by atoms with E-state index in [4.69, 9.17) is 0 Å². The molecule has 1 aliphatic rings. The summed E-state index contributed by atoms with van der Waals surface area (Å²) in [6.45, 7) is 12.1. The molecule has 0 amide bonds. The summed E-state index contributed by atoms with van der Waals surface area (Å²) >= 11 is 0. The van der Waals surface area contributed by atoms with Gasteiger partial charge in [-0.2, -0.15) is 5.10 Å². The van der Waals surface area contributed by atoms with E-state index >= 15 is 0 Å². The quantitative estimate of drug-likeness (QED) is 0.919. The van der Waals surface area contributed by atoms with Crippen molar-refractivity contribution in [3.8, 4) is 0 Å². The van der Waals surface area contributed by atoms with E-state index in [0.717, 1.165) is 31.2 Å². The SMILES string of the molecule is Cc1nn(C)c(N2CCCC(C)CC2)c1CNC(C)C. The van der Waals surface area contributed by atoms with Crippen LogP contribution in [-0.4, -0.2) is 28.9 Å². The summed E-state index contributed by atoms with van der Waals surface area (Å²) in [4.78, 5) is 2.54. The van der Waals surface area contributed by atoms with E-state index in [-0.39, 0.29) is 0 Å². The Morgan fingerprint density at radius 2 is 2.05 bits per heavy atom. The molecule has 1 unspecified atom stereocenters. The molecule has 0 aliphatic carbocycles. The van der Waals surface area contributed by atoms with Crippen molar-refractivity contribution in [1.29, 1.82) is 0 Å². The van der Waals surface area contributed by atoms with Gasteiger partial charge in [0.25, 0.3) is 0 Å². The maximum Gasteiger partial charge on any atom is 0.131 e. The summed E-state index contributed by atoms with van der Waals surface area (Å²) < 4.78 is 2.07. The van der Waals surface area contributed by atoms with Crippen molar-refractivity contribution in [3.05, 3.63) is 11.3 Å². The first kappa shape index (κ1) is 15.4. The molecular weight excluding hydrogens is 248 g/mol. The second-order valence-electron chi connectivity index (χ2n) is 6.57. The Balaban J connectivity index is 2.20. The number of hydrogen-bond donors (Lipinski definition) is 1. The predicted octanol–water partition coefficient (Wildman–Crippen LogP) is 2.85. The lowest BCUT2D eigenvalue weighted by Gasteiger charge is -2.24. The van der Waals surface area contributed by atoms with Gasteiger partial charge in [-0.3, -0.25) is 4.68 Å². The molecule has 1 saturated heterocycles. The van der Waals surface area contributed by atoms with E-state index in [0.29, 0.717) is 6.04 Å². The molecule has 1 atom stereocenters. The fourth-order valence-electron chi connectivity index (χ4n) is 3.07. The second-order valence-corrected chi connectivity index (χ2v) is 6.57. The van der Waals surface area contributed by atoms with Gasteiger partial charge < -0.3 is 10.2 Å². The Morgan fingerprint density at radius 1 is 1.30 bits per heavy atom. The third-order valence-corrected chi connectivity index (χ3v) is 4.32. The van der Waals surface area contributed by atoms with Crippen LogP contribution in [0, 0.1) is 12.8 Å². The van der Waals surface area contributed by atoms with Crippen LogP contribution < -0.4 is 10.2 Å². The Morgan fingerprint density at radius 3 is 2.75 bits per heavy atom. The standard InChI is InChI=1S/C16H30N4/c1-12(2)17-11-15-14(4)18-19(5)16(15)20-9-6-7-13(3)8-10-20/h12-13,17H,6-11H2,1-5H3. The highest BCUT2D eigenvalue weighted by Gasteiger charge is 2.21. The van der Waals surface area contributed by atoms with Crippen molar-refractivity contribution < 1.29 is 0 Å². The minimum Gasteiger partial charge on any atom is -0.357 e.